The number of benzene rings is 1. The van der Waals surface area contributed by atoms with Crippen LogP contribution in [0, 0.1) is 11.6 Å². The highest BCUT2D eigenvalue weighted by Gasteiger charge is 2.46. The SMILES string of the molecule is C[C@@H](C(=O)Nc1cnc(Oc2c(F)cc(F)cc2CO)cn1)N1CCC(F)(F)[C@@H](c2ccncc2)C1. The number of hydrogen-bond donors (Lipinski definition) is 2. The van der Waals surface area contributed by atoms with Crippen LogP contribution < -0.4 is 10.1 Å². The molecule has 190 valence electrons. The van der Waals surface area contributed by atoms with Crippen LogP contribution >= 0.6 is 0 Å². The maximum Gasteiger partial charge on any atom is 0.257 e. The number of hydrogen-bond acceptors (Lipinski definition) is 7. The Kier molecular flexibility index (Phi) is 7.45. The van der Waals surface area contributed by atoms with Gasteiger partial charge in [0.15, 0.2) is 17.4 Å². The summed E-state index contributed by atoms with van der Waals surface area (Å²) < 4.78 is 61.9. The van der Waals surface area contributed by atoms with Gasteiger partial charge in [-0.2, -0.15) is 0 Å². The van der Waals surface area contributed by atoms with Gasteiger partial charge >= 0.3 is 0 Å². The highest BCUT2D eigenvalue weighted by Crippen LogP contribution is 2.40. The van der Waals surface area contributed by atoms with Crippen molar-refractivity contribution in [1.82, 2.24) is 19.9 Å². The van der Waals surface area contributed by atoms with Crippen molar-refractivity contribution in [3.05, 3.63) is 71.8 Å². The number of halogens is 4. The molecular weight excluding hydrogens is 482 g/mol. The van der Waals surface area contributed by atoms with E-state index in [4.69, 9.17) is 4.74 Å². The molecule has 0 saturated carbocycles. The lowest BCUT2D eigenvalue weighted by atomic mass is 9.87. The summed E-state index contributed by atoms with van der Waals surface area (Å²) >= 11 is 0. The Morgan fingerprint density at radius 1 is 1.25 bits per heavy atom. The number of rotatable bonds is 7. The largest absolute Gasteiger partial charge is 0.434 e. The number of aliphatic hydroxyl groups excluding tert-OH is 1. The van der Waals surface area contributed by atoms with Crippen molar-refractivity contribution >= 4 is 11.7 Å². The van der Waals surface area contributed by atoms with Gasteiger partial charge in [-0.15, -0.1) is 0 Å². The second-order valence-electron chi connectivity index (χ2n) is 8.38. The number of amides is 1. The van der Waals surface area contributed by atoms with Crippen molar-refractivity contribution in [2.24, 2.45) is 0 Å². The second kappa shape index (κ2) is 10.5. The third-order valence-corrected chi connectivity index (χ3v) is 6.04. The lowest BCUT2D eigenvalue weighted by Crippen LogP contribution is -2.52. The zero-order valence-electron chi connectivity index (χ0n) is 19.2. The molecule has 4 rings (SSSR count). The first-order valence-corrected chi connectivity index (χ1v) is 11.1. The molecule has 12 heteroatoms. The smallest absolute Gasteiger partial charge is 0.257 e. The molecule has 0 unspecified atom stereocenters. The van der Waals surface area contributed by atoms with Crippen LogP contribution in [0.4, 0.5) is 23.4 Å². The van der Waals surface area contributed by atoms with Gasteiger partial charge in [0.2, 0.25) is 11.8 Å². The Morgan fingerprint density at radius 2 is 2.00 bits per heavy atom. The number of likely N-dealkylation sites (tertiary alicyclic amines) is 1. The zero-order valence-corrected chi connectivity index (χ0v) is 19.2. The zero-order chi connectivity index (χ0) is 25.9. The minimum Gasteiger partial charge on any atom is -0.434 e. The van der Waals surface area contributed by atoms with Gasteiger partial charge in [0.05, 0.1) is 31.0 Å². The minimum absolute atomic E-state index is 0.0134. The van der Waals surface area contributed by atoms with E-state index < -0.39 is 47.8 Å². The molecule has 0 aliphatic carbocycles. The van der Waals surface area contributed by atoms with Gasteiger partial charge < -0.3 is 15.2 Å². The number of ether oxygens (including phenoxy) is 1. The van der Waals surface area contributed by atoms with Crippen LogP contribution in [0.3, 0.4) is 0 Å². The first kappa shape index (κ1) is 25.5. The molecule has 2 atom stereocenters. The molecule has 0 bridgehead atoms. The summed E-state index contributed by atoms with van der Waals surface area (Å²) in [7, 11) is 0. The summed E-state index contributed by atoms with van der Waals surface area (Å²) in [5, 5.41) is 11.9. The summed E-state index contributed by atoms with van der Waals surface area (Å²) in [6.07, 6.45) is 4.82. The van der Waals surface area contributed by atoms with E-state index in [1.165, 1.54) is 18.6 Å². The minimum atomic E-state index is -2.91. The summed E-state index contributed by atoms with van der Waals surface area (Å²) in [5.74, 6) is -6.83. The molecular formula is C24H23F4N5O3. The summed E-state index contributed by atoms with van der Waals surface area (Å²) in [6, 6.07) is 3.90. The first-order valence-electron chi connectivity index (χ1n) is 11.1. The Morgan fingerprint density at radius 3 is 2.67 bits per heavy atom. The molecule has 1 fully saturated rings. The summed E-state index contributed by atoms with van der Waals surface area (Å²) in [6.45, 7) is 0.980. The molecule has 0 radical (unpaired) electrons. The predicted octanol–water partition coefficient (Wildman–Crippen LogP) is 3.89. The quantitative estimate of drug-likeness (QED) is 0.470. The van der Waals surface area contributed by atoms with Crippen LogP contribution in [0.25, 0.3) is 0 Å². The molecule has 0 spiro atoms. The Bertz CT molecular complexity index is 1210. The fraction of sp³-hybridized carbons (Fsp3) is 0.333. The highest BCUT2D eigenvalue weighted by molar-refractivity contribution is 5.93. The molecule has 1 amide bonds. The number of pyridine rings is 1. The maximum atomic E-state index is 14.6. The van der Waals surface area contributed by atoms with Crippen molar-refractivity contribution in [1.29, 1.82) is 0 Å². The van der Waals surface area contributed by atoms with Crippen molar-refractivity contribution in [3.8, 4) is 11.6 Å². The van der Waals surface area contributed by atoms with Gasteiger partial charge in [-0.1, -0.05) is 0 Å². The van der Waals surface area contributed by atoms with Gasteiger partial charge in [0.25, 0.3) is 5.92 Å². The molecule has 1 aliphatic rings. The fourth-order valence-corrected chi connectivity index (χ4v) is 4.00. The fourth-order valence-electron chi connectivity index (χ4n) is 4.00. The van der Waals surface area contributed by atoms with Crippen LogP contribution in [-0.2, 0) is 11.4 Å². The number of aromatic nitrogens is 3. The lowest BCUT2D eigenvalue weighted by Gasteiger charge is -2.40. The van der Waals surface area contributed by atoms with E-state index in [1.54, 1.807) is 24.0 Å². The Labute approximate surface area is 204 Å². The predicted molar refractivity (Wildman–Crippen MR) is 121 cm³/mol. The van der Waals surface area contributed by atoms with Gasteiger partial charge in [-0.25, -0.2) is 27.5 Å². The average molecular weight is 505 g/mol. The van der Waals surface area contributed by atoms with Gasteiger partial charge in [0.1, 0.15) is 5.82 Å². The van der Waals surface area contributed by atoms with Crippen LogP contribution in [0.1, 0.15) is 30.4 Å². The number of piperidine rings is 1. The number of aliphatic hydroxyl groups is 1. The van der Waals surface area contributed by atoms with Crippen LogP contribution in [0.15, 0.2) is 49.1 Å². The molecule has 36 heavy (non-hydrogen) atoms. The molecule has 1 aromatic carbocycles. The Hall–Kier alpha value is -3.64. The molecule has 1 aliphatic heterocycles. The molecule has 3 aromatic rings. The van der Waals surface area contributed by atoms with Gasteiger partial charge in [0, 0.05) is 43.5 Å². The third-order valence-electron chi connectivity index (χ3n) is 6.04. The van der Waals surface area contributed by atoms with E-state index in [0.29, 0.717) is 11.6 Å². The number of alkyl halides is 2. The van der Waals surface area contributed by atoms with E-state index in [0.717, 1.165) is 12.3 Å². The summed E-state index contributed by atoms with van der Waals surface area (Å²) in [4.78, 5) is 26.3. The van der Waals surface area contributed by atoms with E-state index in [1.807, 2.05) is 0 Å². The number of nitrogens with zero attached hydrogens (tertiary/aromatic N) is 4. The number of anilines is 1. The van der Waals surface area contributed by atoms with Crippen LogP contribution in [-0.4, -0.2) is 55.9 Å². The molecule has 2 aromatic heterocycles. The van der Waals surface area contributed by atoms with Crippen molar-refractivity contribution in [2.75, 3.05) is 18.4 Å². The lowest BCUT2D eigenvalue weighted by molar-refractivity contribution is -0.125. The van der Waals surface area contributed by atoms with Crippen LogP contribution in [0.2, 0.25) is 0 Å². The second-order valence-corrected chi connectivity index (χ2v) is 8.38. The normalized spacial score (nSPS) is 18.4. The van der Waals surface area contributed by atoms with E-state index in [2.05, 4.69) is 20.3 Å². The number of carbonyl (C=O) groups excluding carboxylic acids is 1. The number of nitrogens with one attached hydrogen (secondary N) is 1. The average Bonchev–Trinajstić information content (AvgIpc) is 2.86. The van der Waals surface area contributed by atoms with Crippen molar-refractivity contribution in [3.63, 3.8) is 0 Å². The molecule has 8 nitrogen and oxygen atoms in total. The molecule has 3 heterocycles. The van der Waals surface area contributed by atoms with Crippen LogP contribution in [0.5, 0.6) is 11.6 Å². The summed E-state index contributed by atoms with van der Waals surface area (Å²) in [5.41, 5.74) is 0.341. The third kappa shape index (κ3) is 5.60. The standard InChI is InChI=1S/C24H23F4N5O3/c1-14(33-7-4-24(27,28)18(12-33)15-2-5-29-6-3-15)23(35)32-20-10-31-21(11-30-20)36-22-16(13-34)8-17(25)9-19(22)26/h2-3,5-6,8-11,14,18,34H,4,7,12-13H2,1H3,(H,30,32,35)/t14-,18+/m0/s1. The Balaban J connectivity index is 1.40. The number of carbonyl (C=O) groups is 1. The van der Waals surface area contributed by atoms with Gasteiger partial charge in [-0.3, -0.25) is 14.7 Å². The van der Waals surface area contributed by atoms with E-state index in [-0.39, 0.29) is 36.8 Å². The van der Waals surface area contributed by atoms with E-state index >= 15 is 0 Å². The molecule has 2 N–H and O–H groups in total. The topological polar surface area (TPSA) is 100 Å². The highest BCUT2D eigenvalue weighted by atomic mass is 19.3. The van der Waals surface area contributed by atoms with E-state index in [9.17, 15) is 27.5 Å². The first-order chi connectivity index (χ1) is 17.2. The molecule has 1 saturated heterocycles. The van der Waals surface area contributed by atoms with Crippen molar-refractivity contribution in [2.45, 2.75) is 37.8 Å². The van der Waals surface area contributed by atoms with Gasteiger partial charge in [-0.05, 0) is 30.7 Å². The van der Waals surface area contributed by atoms with Crippen molar-refractivity contribution < 1.29 is 32.2 Å². The monoisotopic (exact) mass is 505 g/mol. The maximum absolute atomic E-state index is 14.6.